The number of likely N-dealkylation sites (N-methyl/N-ethyl adjacent to an activating group) is 1. The van der Waals surface area contributed by atoms with E-state index in [1.807, 2.05) is 26.5 Å². The zero-order chi connectivity index (χ0) is 13.8. The lowest BCUT2D eigenvalue weighted by Gasteiger charge is -2.17. The number of hydrogen-bond donors (Lipinski definition) is 1. The Morgan fingerprint density at radius 3 is 2.26 bits per heavy atom. The molecule has 3 nitrogen and oxygen atoms in total. The molecule has 2 aromatic rings. The molecule has 0 saturated carbocycles. The summed E-state index contributed by atoms with van der Waals surface area (Å²) in [5.74, 6) is 1.68. The number of nitrogens with zero attached hydrogens (tertiary/aromatic N) is 2. The van der Waals surface area contributed by atoms with E-state index in [1.165, 1.54) is 11.1 Å². The van der Waals surface area contributed by atoms with Gasteiger partial charge in [0.15, 0.2) is 0 Å². The fourth-order valence-electron chi connectivity index (χ4n) is 2.28. The maximum Gasteiger partial charge on any atom is 0.110 e. The second kappa shape index (κ2) is 6.02. The van der Waals surface area contributed by atoms with Crippen LogP contribution in [-0.2, 0) is 13.5 Å². The van der Waals surface area contributed by atoms with Gasteiger partial charge in [-0.2, -0.15) is 0 Å². The van der Waals surface area contributed by atoms with Crippen LogP contribution in [0.2, 0.25) is 0 Å². The Balaban J connectivity index is 2.15. The first-order valence-corrected chi connectivity index (χ1v) is 6.85. The topological polar surface area (TPSA) is 29.9 Å². The Morgan fingerprint density at radius 1 is 1.16 bits per heavy atom. The Morgan fingerprint density at radius 2 is 1.79 bits per heavy atom. The second-order valence-electron chi connectivity index (χ2n) is 5.32. The minimum atomic E-state index is 0.308. The predicted octanol–water partition coefficient (Wildman–Crippen LogP) is 3.05. The Kier molecular flexibility index (Phi) is 4.38. The van der Waals surface area contributed by atoms with Gasteiger partial charge >= 0.3 is 0 Å². The van der Waals surface area contributed by atoms with Crippen LogP contribution in [-0.4, -0.2) is 16.6 Å². The lowest BCUT2D eigenvalue weighted by Crippen LogP contribution is -2.20. The van der Waals surface area contributed by atoms with Crippen molar-refractivity contribution in [2.45, 2.75) is 32.2 Å². The van der Waals surface area contributed by atoms with Gasteiger partial charge in [0.1, 0.15) is 5.82 Å². The predicted molar refractivity (Wildman–Crippen MR) is 79.2 cm³/mol. The summed E-state index contributed by atoms with van der Waals surface area (Å²) in [6.07, 6.45) is 4.74. The Bertz CT molecular complexity index is 511. The maximum atomic E-state index is 4.40. The number of hydrogen-bond acceptors (Lipinski definition) is 2. The van der Waals surface area contributed by atoms with Crippen LogP contribution in [0.1, 0.15) is 42.8 Å². The summed E-state index contributed by atoms with van der Waals surface area (Å²) in [5, 5.41) is 3.38. The molecule has 0 fully saturated rings. The van der Waals surface area contributed by atoms with E-state index in [-0.39, 0.29) is 0 Å². The molecule has 3 heteroatoms. The molecule has 1 N–H and O–H groups in total. The largest absolute Gasteiger partial charge is 0.338 e. The fraction of sp³-hybridized carbons (Fsp3) is 0.438. The van der Waals surface area contributed by atoms with Gasteiger partial charge in [-0.1, -0.05) is 38.1 Å². The van der Waals surface area contributed by atoms with Crippen molar-refractivity contribution in [1.29, 1.82) is 0 Å². The molecule has 0 radical (unpaired) electrons. The highest BCUT2D eigenvalue weighted by molar-refractivity contribution is 5.27. The van der Waals surface area contributed by atoms with E-state index in [9.17, 15) is 0 Å². The molecule has 0 bridgehead atoms. The molecule has 0 aliphatic rings. The first-order chi connectivity index (χ1) is 9.11. The summed E-state index contributed by atoms with van der Waals surface area (Å²) >= 11 is 0. The highest BCUT2D eigenvalue weighted by Gasteiger charge is 2.13. The Labute approximate surface area is 115 Å². The van der Waals surface area contributed by atoms with Crippen LogP contribution in [0.15, 0.2) is 36.7 Å². The van der Waals surface area contributed by atoms with Crippen molar-refractivity contribution < 1.29 is 0 Å². The normalized spacial score (nSPS) is 12.9. The molecule has 0 amide bonds. The minimum Gasteiger partial charge on any atom is -0.338 e. The highest BCUT2D eigenvalue weighted by Crippen LogP contribution is 2.20. The molecule has 1 unspecified atom stereocenters. The van der Waals surface area contributed by atoms with Crippen LogP contribution >= 0.6 is 0 Å². The van der Waals surface area contributed by atoms with Crippen LogP contribution < -0.4 is 5.32 Å². The number of aromatic nitrogens is 2. The van der Waals surface area contributed by atoms with Crippen molar-refractivity contribution in [2.24, 2.45) is 7.05 Å². The Hall–Kier alpha value is -1.61. The fourth-order valence-corrected chi connectivity index (χ4v) is 2.28. The molecule has 0 aliphatic heterocycles. The average molecular weight is 257 g/mol. The van der Waals surface area contributed by atoms with Crippen LogP contribution in [0.25, 0.3) is 0 Å². The molecule has 1 atom stereocenters. The summed E-state index contributed by atoms with van der Waals surface area (Å²) in [4.78, 5) is 4.40. The van der Waals surface area contributed by atoms with Gasteiger partial charge in [-0.05, 0) is 24.1 Å². The van der Waals surface area contributed by atoms with Gasteiger partial charge in [0.25, 0.3) is 0 Å². The van der Waals surface area contributed by atoms with Crippen LogP contribution in [0, 0.1) is 0 Å². The molecule has 1 aromatic carbocycles. The molecular weight excluding hydrogens is 234 g/mol. The van der Waals surface area contributed by atoms with Crippen molar-refractivity contribution in [3.63, 3.8) is 0 Å². The van der Waals surface area contributed by atoms with E-state index in [4.69, 9.17) is 0 Å². The summed E-state index contributed by atoms with van der Waals surface area (Å²) < 4.78 is 2.08. The second-order valence-corrected chi connectivity index (χ2v) is 5.32. The molecule has 1 heterocycles. The first kappa shape index (κ1) is 13.8. The van der Waals surface area contributed by atoms with Crippen LogP contribution in [0.3, 0.4) is 0 Å². The van der Waals surface area contributed by atoms with E-state index in [0.29, 0.717) is 12.0 Å². The first-order valence-electron chi connectivity index (χ1n) is 6.85. The zero-order valence-electron chi connectivity index (χ0n) is 12.2. The number of aryl methyl sites for hydroxylation is 1. The van der Waals surface area contributed by atoms with E-state index >= 15 is 0 Å². The van der Waals surface area contributed by atoms with Gasteiger partial charge < -0.3 is 9.88 Å². The highest BCUT2D eigenvalue weighted by atomic mass is 15.0. The monoisotopic (exact) mass is 257 g/mol. The number of rotatable bonds is 5. The van der Waals surface area contributed by atoms with E-state index in [2.05, 4.69) is 53.0 Å². The number of nitrogens with one attached hydrogen (secondary N) is 1. The summed E-state index contributed by atoms with van der Waals surface area (Å²) in [7, 11) is 4.04. The van der Waals surface area contributed by atoms with Gasteiger partial charge in [0.05, 0.1) is 0 Å². The molecule has 102 valence electrons. The lowest BCUT2D eigenvalue weighted by molar-refractivity contribution is 0.563. The van der Waals surface area contributed by atoms with Gasteiger partial charge in [0, 0.05) is 31.9 Å². The van der Waals surface area contributed by atoms with E-state index in [0.717, 1.165) is 12.2 Å². The quantitative estimate of drug-likeness (QED) is 0.892. The van der Waals surface area contributed by atoms with Gasteiger partial charge in [0.2, 0.25) is 0 Å². The molecule has 19 heavy (non-hydrogen) atoms. The molecule has 1 aromatic heterocycles. The zero-order valence-corrected chi connectivity index (χ0v) is 12.2. The summed E-state index contributed by atoms with van der Waals surface area (Å²) in [5.41, 5.74) is 2.70. The molecule has 2 rings (SSSR count). The number of imidazole rings is 1. The van der Waals surface area contributed by atoms with Crippen molar-refractivity contribution >= 4 is 0 Å². The SMILES string of the molecule is CNC(Cc1nccn1C)c1ccc(C(C)C)cc1. The minimum absolute atomic E-state index is 0.308. The van der Waals surface area contributed by atoms with Crippen LogP contribution in [0.5, 0.6) is 0 Å². The summed E-state index contributed by atoms with van der Waals surface area (Å²) in [6.45, 7) is 4.44. The smallest absolute Gasteiger partial charge is 0.110 e. The summed E-state index contributed by atoms with van der Waals surface area (Å²) in [6, 6.07) is 9.20. The number of benzene rings is 1. The van der Waals surface area contributed by atoms with Crippen molar-refractivity contribution in [1.82, 2.24) is 14.9 Å². The van der Waals surface area contributed by atoms with Crippen molar-refractivity contribution in [3.8, 4) is 0 Å². The average Bonchev–Trinajstić information content (AvgIpc) is 2.81. The maximum absolute atomic E-state index is 4.40. The molecule has 0 saturated heterocycles. The molecule has 0 spiro atoms. The molecular formula is C16H23N3. The third-order valence-electron chi connectivity index (χ3n) is 3.66. The third kappa shape index (κ3) is 3.24. The van der Waals surface area contributed by atoms with E-state index in [1.54, 1.807) is 0 Å². The van der Waals surface area contributed by atoms with Crippen LogP contribution in [0.4, 0.5) is 0 Å². The molecule has 0 aliphatic carbocycles. The van der Waals surface area contributed by atoms with Gasteiger partial charge in [-0.3, -0.25) is 0 Å². The van der Waals surface area contributed by atoms with E-state index < -0.39 is 0 Å². The van der Waals surface area contributed by atoms with Crippen molar-refractivity contribution in [2.75, 3.05) is 7.05 Å². The lowest BCUT2D eigenvalue weighted by atomic mass is 9.97. The van der Waals surface area contributed by atoms with Gasteiger partial charge in [-0.25, -0.2) is 4.98 Å². The van der Waals surface area contributed by atoms with Crippen molar-refractivity contribution in [3.05, 3.63) is 53.6 Å². The van der Waals surface area contributed by atoms with Gasteiger partial charge in [-0.15, -0.1) is 0 Å². The third-order valence-corrected chi connectivity index (χ3v) is 3.66. The standard InChI is InChI=1S/C16H23N3/c1-12(2)13-5-7-14(8-6-13)15(17-3)11-16-18-9-10-19(16)4/h5-10,12,15,17H,11H2,1-4H3.